The maximum Gasteiger partial charge on any atom is 0.306 e. The summed E-state index contributed by atoms with van der Waals surface area (Å²) in [4.78, 5) is 38.1. The van der Waals surface area contributed by atoms with Gasteiger partial charge in [-0.05, 0) is 25.2 Å². The SMILES string of the molecule is CCCCCCCCCCCCCCCCCC(=O)OC[C@@H](COC(=O)CCCCCCCCCCCCCCCCC(C)C)OC(=O)CCCCCCCCCCCCCCCC. The van der Waals surface area contributed by atoms with Crippen molar-refractivity contribution in [2.75, 3.05) is 13.2 Å². The van der Waals surface area contributed by atoms with Gasteiger partial charge in [0.15, 0.2) is 6.10 Å². The monoisotopic (exact) mass is 905 g/mol. The van der Waals surface area contributed by atoms with Crippen LogP contribution in [0.1, 0.15) is 329 Å². The molecule has 6 heteroatoms. The Hall–Kier alpha value is -1.59. The maximum atomic E-state index is 12.8. The van der Waals surface area contributed by atoms with Gasteiger partial charge >= 0.3 is 17.9 Å². The minimum absolute atomic E-state index is 0.0617. The molecule has 0 saturated heterocycles. The average molecular weight is 906 g/mol. The second kappa shape index (κ2) is 52.4. The summed E-state index contributed by atoms with van der Waals surface area (Å²) in [6.45, 7) is 9.07. The number of hydrogen-bond donors (Lipinski definition) is 0. The number of carbonyl (C=O) groups excluding carboxylic acids is 3. The first kappa shape index (κ1) is 62.4. The summed E-state index contributed by atoms with van der Waals surface area (Å²) in [5.41, 5.74) is 0. The first-order chi connectivity index (χ1) is 31.4. The highest BCUT2D eigenvalue weighted by Gasteiger charge is 2.19. The highest BCUT2D eigenvalue weighted by molar-refractivity contribution is 5.71. The number of carbonyl (C=O) groups is 3. The van der Waals surface area contributed by atoms with Crippen molar-refractivity contribution in [3.8, 4) is 0 Å². The van der Waals surface area contributed by atoms with E-state index in [1.54, 1.807) is 0 Å². The van der Waals surface area contributed by atoms with Crippen LogP contribution in [-0.4, -0.2) is 37.2 Å². The Kier molecular flexibility index (Phi) is 51.1. The largest absolute Gasteiger partial charge is 0.462 e. The van der Waals surface area contributed by atoms with Crippen molar-refractivity contribution in [2.24, 2.45) is 5.92 Å². The molecule has 0 aromatic carbocycles. The van der Waals surface area contributed by atoms with Gasteiger partial charge in [0.25, 0.3) is 0 Å². The Bertz CT molecular complexity index is 964. The molecule has 0 unspecified atom stereocenters. The molecule has 0 aliphatic carbocycles. The molecular formula is C58H112O6. The van der Waals surface area contributed by atoms with Crippen LogP contribution in [0.3, 0.4) is 0 Å². The predicted octanol–water partition coefficient (Wildman–Crippen LogP) is 19.0. The first-order valence-electron chi connectivity index (χ1n) is 28.9. The van der Waals surface area contributed by atoms with Gasteiger partial charge in [-0.15, -0.1) is 0 Å². The van der Waals surface area contributed by atoms with Crippen LogP contribution in [0, 0.1) is 5.92 Å². The molecule has 0 rings (SSSR count). The minimum atomic E-state index is -0.761. The van der Waals surface area contributed by atoms with Gasteiger partial charge in [-0.2, -0.15) is 0 Å². The third-order valence-corrected chi connectivity index (χ3v) is 13.3. The molecule has 0 bridgehead atoms. The summed E-state index contributed by atoms with van der Waals surface area (Å²) in [5, 5.41) is 0. The van der Waals surface area contributed by atoms with Gasteiger partial charge in [-0.25, -0.2) is 0 Å². The summed E-state index contributed by atoms with van der Waals surface area (Å²) in [5.74, 6) is 0.0102. The van der Waals surface area contributed by atoms with E-state index in [1.807, 2.05) is 0 Å². The zero-order valence-corrected chi connectivity index (χ0v) is 43.8. The lowest BCUT2D eigenvalue weighted by Gasteiger charge is -2.18. The van der Waals surface area contributed by atoms with E-state index in [2.05, 4.69) is 27.7 Å². The van der Waals surface area contributed by atoms with Crippen molar-refractivity contribution in [3.63, 3.8) is 0 Å². The third-order valence-electron chi connectivity index (χ3n) is 13.3. The van der Waals surface area contributed by atoms with Crippen molar-refractivity contribution >= 4 is 17.9 Å². The molecule has 0 aliphatic heterocycles. The number of hydrogen-bond acceptors (Lipinski definition) is 6. The minimum Gasteiger partial charge on any atom is -0.462 e. The maximum absolute atomic E-state index is 12.8. The van der Waals surface area contributed by atoms with Crippen LogP contribution in [-0.2, 0) is 28.6 Å². The van der Waals surface area contributed by atoms with Crippen molar-refractivity contribution in [2.45, 2.75) is 336 Å². The van der Waals surface area contributed by atoms with Crippen molar-refractivity contribution in [1.82, 2.24) is 0 Å². The van der Waals surface area contributed by atoms with Crippen molar-refractivity contribution in [1.29, 1.82) is 0 Å². The van der Waals surface area contributed by atoms with Gasteiger partial charge in [-0.3, -0.25) is 14.4 Å². The molecule has 0 aromatic heterocycles. The van der Waals surface area contributed by atoms with Crippen LogP contribution in [0.4, 0.5) is 0 Å². The van der Waals surface area contributed by atoms with E-state index < -0.39 is 6.10 Å². The standard InChI is InChI=1S/C58H112O6/c1-5-7-9-11-13-15-17-19-21-26-29-33-37-41-45-49-56(59)62-52-55(64-58(61)51-47-43-39-35-31-25-20-18-16-14-12-10-8-6-2)53-63-57(60)50-46-42-38-34-30-27-23-22-24-28-32-36-40-44-48-54(3)4/h54-55H,5-53H2,1-4H3/t55-/m0/s1. The molecule has 0 aliphatic rings. The quantitative estimate of drug-likeness (QED) is 0.0344. The number of rotatable bonds is 53. The Morgan fingerprint density at radius 2 is 0.516 bits per heavy atom. The molecule has 0 heterocycles. The zero-order valence-electron chi connectivity index (χ0n) is 43.8. The molecule has 6 nitrogen and oxygen atoms in total. The number of esters is 3. The molecule has 0 N–H and O–H groups in total. The molecule has 0 fully saturated rings. The predicted molar refractivity (Wildman–Crippen MR) is 275 cm³/mol. The Labute approximate surface area is 399 Å². The fourth-order valence-corrected chi connectivity index (χ4v) is 8.92. The van der Waals surface area contributed by atoms with E-state index in [4.69, 9.17) is 14.2 Å². The number of unbranched alkanes of at least 4 members (excludes halogenated alkanes) is 40. The van der Waals surface area contributed by atoms with Gasteiger partial charge in [-0.1, -0.05) is 291 Å². The molecule has 380 valence electrons. The Morgan fingerprint density at radius 1 is 0.297 bits per heavy atom. The molecule has 1 atom stereocenters. The van der Waals surface area contributed by atoms with Crippen LogP contribution in [0.2, 0.25) is 0 Å². The summed E-state index contributed by atoms with van der Waals surface area (Å²) in [6.07, 6.45) is 56.6. The summed E-state index contributed by atoms with van der Waals surface area (Å²) in [7, 11) is 0. The van der Waals surface area contributed by atoms with E-state index in [0.29, 0.717) is 19.3 Å². The molecule has 0 spiro atoms. The molecular weight excluding hydrogens is 793 g/mol. The molecule has 0 aromatic rings. The molecule has 0 saturated carbocycles. The first-order valence-corrected chi connectivity index (χ1v) is 28.9. The fraction of sp³-hybridized carbons (Fsp3) is 0.948. The second-order valence-electron chi connectivity index (χ2n) is 20.4. The summed E-state index contributed by atoms with van der Waals surface area (Å²) >= 11 is 0. The lowest BCUT2D eigenvalue weighted by atomic mass is 10.0. The van der Waals surface area contributed by atoms with Crippen molar-refractivity contribution < 1.29 is 28.6 Å². The van der Waals surface area contributed by atoms with E-state index in [9.17, 15) is 14.4 Å². The zero-order chi connectivity index (χ0) is 46.7. The summed E-state index contributed by atoms with van der Waals surface area (Å²) in [6, 6.07) is 0. The third kappa shape index (κ3) is 51.4. The molecule has 64 heavy (non-hydrogen) atoms. The van der Waals surface area contributed by atoms with Gasteiger partial charge < -0.3 is 14.2 Å². The van der Waals surface area contributed by atoms with E-state index in [-0.39, 0.29) is 31.1 Å². The smallest absolute Gasteiger partial charge is 0.306 e. The van der Waals surface area contributed by atoms with Crippen LogP contribution in [0.15, 0.2) is 0 Å². The molecule has 0 radical (unpaired) electrons. The van der Waals surface area contributed by atoms with E-state index >= 15 is 0 Å². The van der Waals surface area contributed by atoms with Gasteiger partial charge in [0.2, 0.25) is 0 Å². The fourth-order valence-electron chi connectivity index (χ4n) is 8.92. The van der Waals surface area contributed by atoms with Gasteiger partial charge in [0.1, 0.15) is 13.2 Å². The van der Waals surface area contributed by atoms with Crippen LogP contribution in [0.25, 0.3) is 0 Å². The topological polar surface area (TPSA) is 78.9 Å². The highest BCUT2D eigenvalue weighted by atomic mass is 16.6. The van der Waals surface area contributed by atoms with E-state index in [1.165, 1.54) is 225 Å². The van der Waals surface area contributed by atoms with Gasteiger partial charge in [0, 0.05) is 19.3 Å². The normalized spacial score (nSPS) is 12.0. The van der Waals surface area contributed by atoms with Gasteiger partial charge in [0.05, 0.1) is 0 Å². The molecule has 0 amide bonds. The Balaban J connectivity index is 4.29. The number of ether oxygens (including phenoxy) is 3. The summed E-state index contributed by atoms with van der Waals surface area (Å²) < 4.78 is 16.9. The van der Waals surface area contributed by atoms with Crippen molar-refractivity contribution in [3.05, 3.63) is 0 Å². The van der Waals surface area contributed by atoms with Crippen LogP contribution in [0.5, 0.6) is 0 Å². The average Bonchev–Trinajstić information content (AvgIpc) is 3.28. The lowest BCUT2D eigenvalue weighted by Crippen LogP contribution is -2.30. The van der Waals surface area contributed by atoms with Crippen LogP contribution < -0.4 is 0 Å². The van der Waals surface area contributed by atoms with Crippen LogP contribution >= 0.6 is 0 Å². The van der Waals surface area contributed by atoms with E-state index in [0.717, 1.165) is 63.7 Å². The highest BCUT2D eigenvalue weighted by Crippen LogP contribution is 2.18. The second-order valence-corrected chi connectivity index (χ2v) is 20.4. The Morgan fingerprint density at radius 3 is 0.766 bits per heavy atom. The lowest BCUT2D eigenvalue weighted by molar-refractivity contribution is -0.167.